The number of ketones is 1. The fraction of sp³-hybridized carbons (Fsp3) is 0.481. The van der Waals surface area contributed by atoms with E-state index in [-0.39, 0.29) is 36.3 Å². The van der Waals surface area contributed by atoms with E-state index in [0.717, 1.165) is 28.6 Å². The van der Waals surface area contributed by atoms with E-state index in [2.05, 4.69) is 26.1 Å². The number of aromatic hydroxyl groups is 1. The van der Waals surface area contributed by atoms with Gasteiger partial charge in [-0.1, -0.05) is 40.2 Å². The molecule has 1 saturated carbocycles. The lowest BCUT2D eigenvalue weighted by Gasteiger charge is -2.62. The van der Waals surface area contributed by atoms with Crippen LogP contribution in [0.4, 0.5) is 0 Å². The van der Waals surface area contributed by atoms with Gasteiger partial charge >= 0.3 is 0 Å². The van der Waals surface area contributed by atoms with E-state index >= 15 is 0 Å². The number of phenolic OH excluding ortho intramolecular Hbond substituents is 1. The van der Waals surface area contributed by atoms with E-state index in [0.29, 0.717) is 43.4 Å². The van der Waals surface area contributed by atoms with Gasteiger partial charge in [0.25, 0.3) is 0 Å². The van der Waals surface area contributed by atoms with Crippen LogP contribution in [-0.2, 0) is 34.3 Å². The highest BCUT2D eigenvalue weighted by molar-refractivity contribution is 9.10. The molecule has 2 aromatic carbocycles. The third kappa shape index (κ3) is 3.78. The normalized spacial score (nSPS) is 28.2. The molecular formula is C27H31BrN2O4. The van der Waals surface area contributed by atoms with Gasteiger partial charge in [0, 0.05) is 46.4 Å². The number of rotatable bonds is 5. The lowest BCUT2D eigenvalue weighted by atomic mass is 9.49. The minimum absolute atomic E-state index is 0.0608. The minimum atomic E-state index is -1.05. The van der Waals surface area contributed by atoms with Crippen molar-refractivity contribution in [3.63, 3.8) is 0 Å². The maximum absolute atomic E-state index is 12.7. The van der Waals surface area contributed by atoms with E-state index < -0.39 is 11.0 Å². The van der Waals surface area contributed by atoms with Crippen LogP contribution in [0.15, 0.2) is 40.9 Å². The summed E-state index contributed by atoms with van der Waals surface area (Å²) in [6, 6.07) is 11.7. The van der Waals surface area contributed by atoms with Crippen molar-refractivity contribution >= 4 is 27.6 Å². The van der Waals surface area contributed by atoms with Gasteiger partial charge in [-0.2, -0.15) is 0 Å². The van der Waals surface area contributed by atoms with Crippen LogP contribution in [0.1, 0.15) is 47.9 Å². The van der Waals surface area contributed by atoms with Crippen LogP contribution in [0.5, 0.6) is 5.75 Å². The molecule has 34 heavy (non-hydrogen) atoms. The van der Waals surface area contributed by atoms with E-state index in [4.69, 9.17) is 0 Å². The maximum atomic E-state index is 12.7. The van der Waals surface area contributed by atoms with E-state index in [1.165, 1.54) is 0 Å². The second kappa shape index (κ2) is 8.77. The summed E-state index contributed by atoms with van der Waals surface area (Å²) < 4.78 is 1.02. The number of aliphatic hydroxyl groups is 1. The molecule has 5 rings (SSSR count). The Bertz CT molecular complexity index is 1130. The SMILES string of the molecule is CN1CC[C@]23CC(=O)CC[C@@]2(O)[C@H]1Cc1ccc(CC(=O)NCCc2ccc(Br)cc2)c(O)c13. The van der Waals surface area contributed by atoms with Crippen LogP contribution < -0.4 is 5.32 Å². The van der Waals surface area contributed by atoms with Gasteiger partial charge in [-0.3, -0.25) is 9.59 Å². The van der Waals surface area contributed by atoms with Gasteiger partial charge < -0.3 is 20.4 Å². The van der Waals surface area contributed by atoms with Crippen molar-refractivity contribution in [2.24, 2.45) is 0 Å². The molecule has 2 bridgehead atoms. The molecule has 3 N–H and O–H groups in total. The van der Waals surface area contributed by atoms with Crippen molar-refractivity contribution in [3.05, 3.63) is 63.1 Å². The second-order valence-corrected chi connectivity index (χ2v) is 11.1. The van der Waals surface area contributed by atoms with E-state index in [9.17, 15) is 19.8 Å². The molecule has 3 aliphatic rings. The average molecular weight is 527 g/mol. The first-order valence-corrected chi connectivity index (χ1v) is 12.8. The third-order valence-electron chi connectivity index (χ3n) is 8.33. The lowest BCUT2D eigenvalue weighted by molar-refractivity contribution is -0.169. The van der Waals surface area contributed by atoms with Crippen LogP contribution in [0.25, 0.3) is 0 Å². The monoisotopic (exact) mass is 526 g/mol. The van der Waals surface area contributed by atoms with Gasteiger partial charge in [0.1, 0.15) is 11.5 Å². The molecule has 1 heterocycles. The van der Waals surface area contributed by atoms with E-state index in [1.54, 1.807) is 0 Å². The van der Waals surface area contributed by atoms with Gasteiger partial charge in [-0.05, 0) is 62.5 Å². The summed E-state index contributed by atoms with van der Waals surface area (Å²) in [7, 11) is 2.03. The Balaban J connectivity index is 1.38. The minimum Gasteiger partial charge on any atom is -0.507 e. The molecule has 6 nitrogen and oxygen atoms in total. The van der Waals surface area contributed by atoms with Crippen molar-refractivity contribution in [2.45, 2.75) is 62.0 Å². The lowest BCUT2D eigenvalue weighted by Crippen LogP contribution is -2.72. The molecular weight excluding hydrogens is 496 g/mol. The molecule has 0 spiro atoms. The van der Waals surface area contributed by atoms with Crippen LogP contribution in [0, 0.1) is 0 Å². The van der Waals surface area contributed by atoms with Gasteiger partial charge in [-0.25, -0.2) is 0 Å². The zero-order valence-electron chi connectivity index (χ0n) is 19.4. The molecule has 0 unspecified atom stereocenters. The number of benzene rings is 2. The van der Waals surface area contributed by atoms with Gasteiger partial charge in [0.05, 0.1) is 12.0 Å². The number of halogens is 1. The Morgan fingerprint density at radius 2 is 1.97 bits per heavy atom. The van der Waals surface area contributed by atoms with E-state index in [1.807, 2.05) is 43.4 Å². The number of nitrogens with zero attached hydrogens (tertiary/aromatic N) is 1. The number of carbonyl (C=O) groups excluding carboxylic acids is 2. The molecule has 2 aliphatic carbocycles. The summed E-state index contributed by atoms with van der Waals surface area (Å²) in [6.07, 6.45) is 3.07. The number of carbonyl (C=O) groups is 2. The molecule has 0 radical (unpaired) electrons. The number of hydrogen-bond acceptors (Lipinski definition) is 5. The summed E-state index contributed by atoms with van der Waals surface area (Å²) in [5, 5.41) is 26.3. The predicted molar refractivity (Wildman–Crippen MR) is 133 cm³/mol. The Kier molecular flexibility index (Phi) is 6.07. The smallest absolute Gasteiger partial charge is 0.224 e. The fourth-order valence-electron chi connectivity index (χ4n) is 6.54. The summed E-state index contributed by atoms with van der Waals surface area (Å²) in [5.74, 6) is 0.0601. The van der Waals surface area contributed by atoms with Crippen molar-refractivity contribution < 1.29 is 19.8 Å². The molecule has 3 atom stereocenters. The first-order chi connectivity index (χ1) is 16.2. The number of likely N-dealkylation sites (N-methyl/N-ethyl adjacent to an activating group) is 1. The van der Waals surface area contributed by atoms with Crippen molar-refractivity contribution in [1.82, 2.24) is 10.2 Å². The number of hydrogen-bond donors (Lipinski definition) is 3. The van der Waals surface area contributed by atoms with Crippen LogP contribution >= 0.6 is 15.9 Å². The van der Waals surface area contributed by atoms with Crippen LogP contribution in [-0.4, -0.2) is 58.6 Å². The molecule has 0 aromatic heterocycles. The molecule has 1 aliphatic heterocycles. The maximum Gasteiger partial charge on any atom is 0.224 e. The third-order valence-corrected chi connectivity index (χ3v) is 8.86. The average Bonchev–Trinajstić information content (AvgIpc) is 2.80. The zero-order chi connectivity index (χ0) is 24.1. The number of piperidine rings is 1. The number of Topliss-reactive ketones (excluding diaryl/α,β-unsaturated/α-hetero) is 1. The first kappa shape index (κ1) is 23.5. The second-order valence-electron chi connectivity index (χ2n) is 10.2. The van der Waals surface area contributed by atoms with Crippen LogP contribution in [0.2, 0.25) is 0 Å². The Morgan fingerprint density at radius 3 is 2.74 bits per heavy atom. The number of amides is 1. The highest BCUT2D eigenvalue weighted by atomic mass is 79.9. The first-order valence-electron chi connectivity index (χ1n) is 12.0. The van der Waals surface area contributed by atoms with Crippen molar-refractivity contribution in [1.29, 1.82) is 0 Å². The number of likely N-dealkylation sites (tertiary alicyclic amines) is 1. The molecule has 2 aromatic rings. The summed E-state index contributed by atoms with van der Waals surface area (Å²) >= 11 is 3.42. The standard InChI is InChI=1S/C27H31BrN2O4/c1-30-13-11-26-16-21(31)8-10-27(26,34)22(30)14-18-4-5-19(25(33)24(18)26)15-23(32)29-12-9-17-2-6-20(28)7-3-17/h2-7,22,33-34H,8-16H2,1H3,(H,29,32)/t22-,26-,27-/m1/s1. The fourth-order valence-corrected chi connectivity index (χ4v) is 6.81. The molecule has 7 heteroatoms. The summed E-state index contributed by atoms with van der Waals surface area (Å²) in [5.41, 5.74) is 1.53. The Hall–Kier alpha value is -2.22. The number of fused-ring (bicyclic) bond motifs is 1. The highest BCUT2D eigenvalue weighted by Gasteiger charge is 2.65. The van der Waals surface area contributed by atoms with Crippen molar-refractivity contribution in [2.75, 3.05) is 20.1 Å². The zero-order valence-corrected chi connectivity index (χ0v) is 21.0. The van der Waals surface area contributed by atoms with Gasteiger partial charge in [0.15, 0.2) is 0 Å². The largest absolute Gasteiger partial charge is 0.507 e. The van der Waals surface area contributed by atoms with Crippen molar-refractivity contribution in [3.8, 4) is 5.75 Å². The molecule has 2 fully saturated rings. The van der Waals surface area contributed by atoms with Gasteiger partial charge in [-0.15, -0.1) is 0 Å². The topological polar surface area (TPSA) is 89.9 Å². The quantitative estimate of drug-likeness (QED) is 0.557. The predicted octanol–water partition coefficient (Wildman–Crippen LogP) is 3.04. The Labute approximate surface area is 208 Å². The number of nitrogens with one attached hydrogen (secondary N) is 1. The summed E-state index contributed by atoms with van der Waals surface area (Å²) in [4.78, 5) is 27.5. The highest BCUT2D eigenvalue weighted by Crippen LogP contribution is 2.59. The van der Waals surface area contributed by atoms with Gasteiger partial charge in [0.2, 0.25) is 5.91 Å². The molecule has 1 amide bonds. The van der Waals surface area contributed by atoms with Crippen LogP contribution in [0.3, 0.4) is 0 Å². The Morgan fingerprint density at radius 1 is 1.21 bits per heavy atom. The summed E-state index contributed by atoms with van der Waals surface area (Å²) in [6.45, 7) is 1.28. The molecule has 1 saturated heterocycles. The molecule has 180 valence electrons. The number of phenols is 1.